The number of furan rings is 1. The Morgan fingerprint density at radius 2 is 1.32 bits per heavy atom. The van der Waals surface area contributed by atoms with E-state index in [4.69, 9.17) is 4.42 Å². The molecule has 2 aliphatic heterocycles. The fourth-order valence-electron chi connectivity index (χ4n) is 2.00. The normalized spacial score (nSPS) is 18.2. The van der Waals surface area contributed by atoms with Crippen LogP contribution in [0.15, 0.2) is 41.3 Å². The Balaban J connectivity index is 1.55. The van der Waals surface area contributed by atoms with Gasteiger partial charge in [0.2, 0.25) is 13.3 Å². The average molecular weight is 256 g/mol. The third-order valence-corrected chi connectivity index (χ3v) is 2.88. The van der Waals surface area contributed by atoms with Crippen molar-refractivity contribution in [3.63, 3.8) is 0 Å². The molecule has 98 valence electrons. The van der Waals surface area contributed by atoms with Gasteiger partial charge in [-0.25, -0.2) is 0 Å². The summed E-state index contributed by atoms with van der Waals surface area (Å²) in [6.07, 6.45) is 7.86. The lowest BCUT2D eigenvalue weighted by molar-refractivity contribution is 0.307. The molecule has 2 aliphatic rings. The third kappa shape index (κ3) is 2.86. The van der Waals surface area contributed by atoms with E-state index in [-0.39, 0.29) is 0 Å². The minimum absolute atomic E-state index is 0.698. The van der Waals surface area contributed by atoms with Crippen molar-refractivity contribution in [1.29, 1.82) is 0 Å². The quantitative estimate of drug-likeness (QED) is 0.817. The second-order valence-electron chi connectivity index (χ2n) is 4.64. The molecule has 0 spiro atoms. The highest BCUT2D eigenvalue weighted by Gasteiger charge is 2.15. The smallest absolute Gasteiger partial charge is 0.208 e. The van der Waals surface area contributed by atoms with Crippen molar-refractivity contribution in [3.05, 3.63) is 61.8 Å². The third-order valence-electron chi connectivity index (χ3n) is 2.88. The SMILES string of the molecule is CN1[C]N(Cc2ccc(CN3[C]N(C)C=C3)o2)C=C1. The molecular formula is C14H16N4O. The largest absolute Gasteiger partial charge is 0.462 e. The predicted molar refractivity (Wildman–Crippen MR) is 70.1 cm³/mol. The molecule has 0 N–H and O–H groups in total. The van der Waals surface area contributed by atoms with Gasteiger partial charge in [-0.1, -0.05) is 0 Å². The predicted octanol–water partition coefficient (Wildman–Crippen LogP) is 1.71. The van der Waals surface area contributed by atoms with Crippen LogP contribution in [0.5, 0.6) is 0 Å². The first-order valence-electron chi connectivity index (χ1n) is 6.15. The monoisotopic (exact) mass is 256 g/mol. The minimum Gasteiger partial charge on any atom is -0.462 e. The van der Waals surface area contributed by atoms with E-state index in [1.165, 1.54) is 0 Å². The van der Waals surface area contributed by atoms with Gasteiger partial charge in [-0.3, -0.25) is 0 Å². The summed E-state index contributed by atoms with van der Waals surface area (Å²) in [6.45, 7) is 7.69. The molecule has 0 bridgehead atoms. The molecule has 0 atom stereocenters. The van der Waals surface area contributed by atoms with Gasteiger partial charge in [-0.15, -0.1) is 0 Å². The number of rotatable bonds is 4. The zero-order chi connectivity index (χ0) is 13.2. The zero-order valence-electron chi connectivity index (χ0n) is 11.1. The molecule has 0 aromatic carbocycles. The summed E-state index contributed by atoms with van der Waals surface area (Å²) in [7, 11) is 3.90. The molecule has 5 nitrogen and oxygen atoms in total. The van der Waals surface area contributed by atoms with Gasteiger partial charge in [-0.2, -0.15) is 0 Å². The molecule has 1 aromatic rings. The first kappa shape index (κ1) is 12.0. The van der Waals surface area contributed by atoms with Gasteiger partial charge < -0.3 is 24.0 Å². The first-order valence-corrected chi connectivity index (χ1v) is 6.15. The molecular weight excluding hydrogens is 240 g/mol. The van der Waals surface area contributed by atoms with E-state index in [0.717, 1.165) is 11.5 Å². The van der Waals surface area contributed by atoms with Crippen LogP contribution in [-0.4, -0.2) is 33.7 Å². The minimum atomic E-state index is 0.698. The second kappa shape index (κ2) is 4.91. The van der Waals surface area contributed by atoms with Crippen molar-refractivity contribution >= 4 is 0 Å². The van der Waals surface area contributed by atoms with Crippen LogP contribution in [0.25, 0.3) is 0 Å². The van der Waals surface area contributed by atoms with Gasteiger partial charge in [-0.05, 0) is 12.1 Å². The van der Waals surface area contributed by atoms with Gasteiger partial charge in [0.15, 0.2) is 0 Å². The Morgan fingerprint density at radius 3 is 1.68 bits per heavy atom. The molecule has 1 aromatic heterocycles. The van der Waals surface area contributed by atoms with Crippen molar-refractivity contribution in [2.75, 3.05) is 14.1 Å². The zero-order valence-corrected chi connectivity index (χ0v) is 11.1. The molecule has 0 fully saturated rings. The van der Waals surface area contributed by atoms with Crippen LogP contribution >= 0.6 is 0 Å². The Bertz CT molecular complexity index is 451. The van der Waals surface area contributed by atoms with Gasteiger partial charge in [0, 0.05) is 38.9 Å². The van der Waals surface area contributed by atoms with Crippen LogP contribution in [0.2, 0.25) is 0 Å². The summed E-state index contributed by atoms with van der Waals surface area (Å²) in [5, 5.41) is 0. The topological polar surface area (TPSA) is 26.1 Å². The van der Waals surface area contributed by atoms with E-state index >= 15 is 0 Å². The summed E-state index contributed by atoms with van der Waals surface area (Å²) >= 11 is 0. The maximum atomic E-state index is 5.81. The molecule has 0 aliphatic carbocycles. The van der Waals surface area contributed by atoms with Crippen LogP contribution in [0, 0.1) is 13.3 Å². The lowest BCUT2D eigenvalue weighted by Gasteiger charge is -2.15. The summed E-state index contributed by atoms with van der Waals surface area (Å²) in [5.74, 6) is 1.86. The van der Waals surface area contributed by atoms with Gasteiger partial charge in [0.25, 0.3) is 0 Å². The molecule has 0 saturated carbocycles. The fourth-order valence-corrected chi connectivity index (χ4v) is 2.00. The second-order valence-corrected chi connectivity index (χ2v) is 4.64. The highest BCUT2D eigenvalue weighted by Crippen LogP contribution is 2.19. The summed E-state index contributed by atoms with van der Waals surface area (Å²) in [5.41, 5.74) is 0. The van der Waals surface area contributed by atoms with E-state index in [1.54, 1.807) is 0 Å². The van der Waals surface area contributed by atoms with E-state index in [0.29, 0.717) is 13.1 Å². The van der Waals surface area contributed by atoms with Crippen molar-refractivity contribution in [2.45, 2.75) is 13.1 Å². The van der Waals surface area contributed by atoms with Crippen molar-refractivity contribution in [1.82, 2.24) is 19.6 Å². The Kier molecular flexibility index (Phi) is 3.11. The number of hydrogen-bond donors (Lipinski definition) is 0. The standard InChI is InChI=1S/C14H16N4O/c1-15-5-7-17(11-15)9-13-3-4-14(19-13)10-18-8-6-16(2)12-18/h3-8H,9-10H2,1-2H3. The summed E-state index contributed by atoms with van der Waals surface area (Å²) in [4.78, 5) is 7.70. The summed E-state index contributed by atoms with van der Waals surface area (Å²) in [6, 6.07) is 4.01. The molecule has 19 heavy (non-hydrogen) atoms. The Labute approximate surface area is 114 Å². The molecule has 3 rings (SSSR count). The lowest BCUT2D eigenvalue weighted by atomic mass is 10.4. The average Bonchev–Trinajstić information content (AvgIpc) is 3.05. The lowest BCUT2D eigenvalue weighted by Crippen LogP contribution is -2.16. The van der Waals surface area contributed by atoms with Crippen LogP contribution in [0.3, 0.4) is 0 Å². The molecule has 3 heterocycles. The maximum Gasteiger partial charge on any atom is 0.208 e. The van der Waals surface area contributed by atoms with Crippen molar-refractivity contribution < 1.29 is 4.42 Å². The molecule has 0 amide bonds. The molecule has 0 saturated heterocycles. The number of hydrogen-bond acceptors (Lipinski definition) is 5. The number of nitrogens with zero attached hydrogens (tertiary/aromatic N) is 4. The van der Waals surface area contributed by atoms with E-state index in [9.17, 15) is 0 Å². The first-order chi connectivity index (χ1) is 9.19. The molecule has 0 unspecified atom stereocenters. The van der Waals surface area contributed by atoms with Crippen LogP contribution in [-0.2, 0) is 13.1 Å². The Morgan fingerprint density at radius 1 is 0.842 bits per heavy atom. The highest BCUT2D eigenvalue weighted by atomic mass is 16.3. The Hall–Kier alpha value is -2.04. The van der Waals surface area contributed by atoms with Crippen molar-refractivity contribution in [2.24, 2.45) is 0 Å². The van der Waals surface area contributed by atoms with E-state index < -0.39 is 0 Å². The van der Waals surface area contributed by atoms with Gasteiger partial charge in [0.05, 0.1) is 13.1 Å². The van der Waals surface area contributed by atoms with E-state index in [2.05, 4.69) is 13.3 Å². The highest BCUT2D eigenvalue weighted by molar-refractivity contribution is 5.10. The maximum absolute atomic E-state index is 5.81. The van der Waals surface area contributed by atoms with Gasteiger partial charge in [0.1, 0.15) is 11.5 Å². The molecule has 5 heteroatoms. The molecule has 4 radical (unpaired) electrons. The summed E-state index contributed by atoms with van der Waals surface area (Å²) < 4.78 is 5.81. The van der Waals surface area contributed by atoms with Crippen molar-refractivity contribution in [3.8, 4) is 0 Å². The fraction of sp³-hybridized carbons (Fsp3) is 0.286. The van der Waals surface area contributed by atoms with Crippen LogP contribution in [0.4, 0.5) is 0 Å². The van der Waals surface area contributed by atoms with Crippen LogP contribution < -0.4 is 0 Å². The van der Waals surface area contributed by atoms with E-state index in [1.807, 2.05) is 70.6 Å². The van der Waals surface area contributed by atoms with Gasteiger partial charge >= 0.3 is 0 Å². The van der Waals surface area contributed by atoms with Crippen LogP contribution in [0.1, 0.15) is 11.5 Å².